The molecule has 0 saturated heterocycles. The van der Waals surface area contributed by atoms with Gasteiger partial charge in [-0.25, -0.2) is 4.98 Å². The second-order valence-electron chi connectivity index (χ2n) is 4.90. The molecule has 1 heterocycles. The van der Waals surface area contributed by atoms with Crippen LogP contribution in [0.1, 0.15) is 35.7 Å². The highest BCUT2D eigenvalue weighted by Gasteiger charge is 2.08. The number of nitrogens with one attached hydrogen (secondary N) is 1. The number of hydrogen-bond acceptors (Lipinski definition) is 3. The van der Waals surface area contributed by atoms with Gasteiger partial charge in [0.1, 0.15) is 11.6 Å². The largest absolute Gasteiger partial charge is 0.494 e. The normalized spacial score (nSPS) is 10.2. The number of unbranched alkanes of at least 4 members (excludes halogenated alkanes) is 1. The Labute approximate surface area is 125 Å². The molecule has 0 aliphatic heterocycles. The molecule has 4 nitrogen and oxygen atoms in total. The molecule has 1 N–H and O–H groups in total. The van der Waals surface area contributed by atoms with E-state index in [1.807, 2.05) is 31.2 Å². The van der Waals surface area contributed by atoms with Crippen molar-refractivity contribution in [3.05, 3.63) is 53.7 Å². The van der Waals surface area contributed by atoms with Gasteiger partial charge in [0, 0.05) is 11.8 Å². The van der Waals surface area contributed by atoms with Crippen molar-refractivity contribution in [1.82, 2.24) is 4.98 Å². The van der Waals surface area contributed by atoms with Crippen LogP contribution in [0.15, 0.2) is 42.6 Å². The summed E-state index contributed by atoms with van der Waals surface area (Å²) < 4.78 is 5.61. The molecule has 4 heteroatoms. The first-order valence-corrected chi connectivity index (χ1v) is 7.16. The highest BCUT2D eigenvalue weighted by Crippen LogP contribution is 2.15. The van der Waals surface area contributed by atoms with Gasteiger partial charge < -0.3 is 10.1 Å². The van der Waals surface area contributed by atoms with Gasteiger partial charge in [-0.05, 0) is 49.2 Å². The number of rotatable bonds is 6. The molecule has 0 aliphatic rings. The first-order valence-electron chi connectivity index (χ1n) is 7.16. The molecule has 110 valence electrons. The molecule has 1 amide bonds. The summed E-state index contributed by atoms with van der Waals surface area (Å²) in [7, 11) is 0. The van der Waals surface area contributed by atoms with E-state index in [4.69, 9.17) is 4.74 Å². The molecule has 2 aromatic rings. The standard InChI is InChI=1S/C17H20N2O2/c1-3-4-10-21-15-7-5-6-14(12-15)17(20)19-16-11-13(2)8-9-18-16/h5-9,11-12H,3-4,10H2,1-2H3,(H,18,19,20). The maximum Gasteiger partial charge on any atom is 0.256 e. The van der Waals surface area contributed by atoms with Crippen LogP contribution in [0.2, 0.25) is 0 Å². The lowest BCUT2D eigenvalue weighted by Gasteiger charge is -2.08. The summed E-state index contributed by atoms with van der Waals surface area (Å²) in [6, 6.07) is 10.9. The fraction of sp³-hybridized carbons (Fsp3) is 0.294. The van der Waals surface area contributed by atoms with Crippen LogP contribution in [0.4, 0.5) is 5.82 Å². The van der Waals surface area contributed by atoms with E-state index in [-0.39, 0.29) is 5.91 Å². The van der Waals surface area contributed by atoms with Crippen LogP contribution in [-0.2, 0) is 0 Å². The topological polar surface area (TPSA) is 51.2 Å². The summed E-state index contributed by atoms with van der Waals surface area (Å²) >= 11 is 0. The van der Waals surface area contributed by atoms with Crippen LogP contribution in [0.25, 0.3) is 0 Å². The Kier molecular flexibility index (Phi) is 5.32. The molecule has 1 aromatic heterocycles. The number of aryl methyl sites for hydroxylation is 1. The zero-order valence-corrected chi connectivity index (χ0v) is 12.4. The lowest BCUT2D eigenvalue weighted by Crippen LogP contribution is -2.13. The Balaban J connectivity index is 2.03. The van der Waals surface area contributed by atoms with Gasteiger partial charge in [0.15, 0.2) is 0 Å². The number of anilines is 1. The smallest absolute Gasteiger partial charge is 0.256 e. The predicted octanol–water partition coefficient (Wildman–Crippen LogP) is 3.82. The highest BCUT2D eigenvalue weighted by atomic mass is 16.5. The first kappa shape index (κ1) is 15.0. The van der Waals surface area contributed by atoms with Gasteiger partial charge >= 0.3 is 0 Å². The van der Waals surface area contributed by atoms with Crippen LogP contribution in [0.5, 0.6) is 5.75 Å². The number of aromatic nitrogens is 1. The molecule has 0 fully saturated rings. The number of carbonyl (C=O) groups is 1. The van der Waals surface area contributed by atoms with Crippen molar-refractivity contribution in [2.75, 3.05) is 11.9 Å². The zero-order chi connectivity index (χ0) is 15.1. The minimum absolute atomic E-state index is 0.186. The SMILES string of the molecule is CCCCOc1cccc(C(=O)Nc2cc(C)ccn2)c1. The van der Waals surface area contributed by atoms with E-state index in [9.17, 15) is 4.79 Å². The van der Waals surface area contributed by atoms with Gasteiger partial charge in [0.2, 0.25) is 0 Å². The Morgan fingerprint density at radius 2 is 2.14 bits per heavy atom. The number of pyridine rings is 1. The summed E-state index contributed by atoms with van der Waals surface area (Å²) in [4.78, 5) is 16.3. The second kappa shape index (κ2) is 7.43. The lowest BCUT2D eigenvalue weighted by atomic mass is 10.2. The van der Waals surface area contributed by atoms with Crippen molar-refractivity contribution >= 4 is 11.7 Å². The van der Waals surface area contributed by atoms with Crippen molar-refractivity contribution < 1.29 is 9.53 Å². The quantitative estimate of drug-likeness (QED) is 0.820. The maximum atomic E-state index is 12.2. The molecule has 2 rings (SSSR count). The van der Waals surface area contributed by atoms with Crippen LogP contribution in [0, 0.1) is 6.92 Å². The molecule has 0 saturated carbocycles. The van der Waals surface area contributed by atoms with Gasteiger partial charge in [0.05, 0.1) is 6.61 Å². The Morgan fingerprint density at radius 3 is 2.90 bits per heavy atom. The summed E-state index contributed by atoms with van der Waals surface area (Å²) in [5.74, 6) is 1.08. The monoisotopic (exact) mass is 284 g/mol. The third-order valence-electron chi connectivity index (χ3n) is 3.02. The maximum absolute atomic E-state index is 12.2. The summed E-state index contributed by atoms with van der Waals surface area (Å²) in [6.45, 7) is 4.74. The molecule has 0 spiro atoms. The van der Waals surface area contributed by atoms with E-state index in [1.54, 1.807) is 18.3 Å². The van der Waals surface area contributed by atoms with Crippen molar-refractivity contribution in [1.29, 1.82) is 0 Å². The number of carbonyl (C=O) groups excluding carboxylic acids is 1. The van der Waals surface area contributed by atoms with Crippen LogP contribution in [0.3, 0.4) is 0 Å². The van der Waals surface area contributed by atoms with E-state index in [0.717, 1.165) is 18.4 Å². The van der Waals surface area contributed by atoms with Gasteiger partial charge in [-0.2, -0.15) is 0 Å². The van der Waals surface area contributed by atoms with E-state index in [0.29, 0.717) is 23.7 Å². The molecule has 0 unspecified atom stereocenters. The van der Waals surface area contributed by atoms with Crippen LogP contribution >= 0.6 is 0 Å². The Morgan fingerprint density at radius 1 is 1.29 bits per heavy atom. The highest BCUT2D eigenvalue weighted by molar-refractivity contribution is 6.04. The van der Waals surface area contributed by atoms with Gasteiger partial charge in [-0.1, -0.05) is 19.4 Å². The van der Waals surface area contributed by atoms with Crippen molar-refractivity contribution in [3.63, 3.8) is 0 Å². The fourth-order valence-electron chi connectivity index (χ4n) is 1.85. The van der Waals surface area contributed by atoms with E-state index in [2.05, 4.69) is 17.2 Å². The lowest BCUT2D eigenvalue weighted by molar-refractivity contribution is 0.102. The molecule has 0 bridgehead atoms. The van der Waals surface area contributed by atoms with Crippen LogP contribution < -0.4 is 10.1 Å². The molecule has 0 aliphatic carbocycles. The zero-order valence-electron chi connectivity index (χ0n) is 12.4. The number of amides is 1. The number of hydrogen-bond donors (Lipinski definition) is 1. The van der Waals surface area contributed by atoms with Crippen molar-refractivity contribution in [2.45, 2.75) is 26.7 Å². The summed E-state index contributed by atoms with van der Waals surface area (Å²) in [5.41, 5.74) is 1.62. The average Bonchev–Trinajstić information content (AvgIpc) is 2.48. The minimum atomic E-state index is -0.186. The van der Waals surface area contributed by atoms with Crippen molar-refractivity contribution in [2.24, 2.45) is 0 Å². The molecular weight excluding hydrogens is 264 g/mol. The number of nitrogens with zero attached hydrogens (tertiary/aromatic N) is 1. The van der Waals surface area contributed by atoms with E-state index >= 15 is 0 Å². The van der Waals surface area contributed by atoms with Gasteiger partial charge in [-0.15, -0.1) is 0 Å². The van der Waals surface area contributed by atoms with E-state index < -0.39 is 0 Å². The number of benzene rings is 1. The third kappa shape index (κ3) is 4.60. The fourth-order valence-corrected chi connectivity index (χ4v) is 1.85. The van der Waals surface area contributed by atoms with Gasteiger partial charge in [-0.3, -0.25) is 4.79 Å². The number of ether oxygens (including phenoxy) is 1. The molecule has 0 atom stereocenters. The molecule has 1 aromatic carbocycles. The second-order valence-corrected chi connectivity index (χ2v) is 4.90. The van der Waals surface area contributed by atoms with Gasteiger partial charge in [0.25, 0.3) is 5.91 Å². The molecule has 0 radical (unpaired) electrons. The molecule has 21 heavy (non-hydrogen) atoms. The molecular formula is C17H20N2O2. The first-order chi connectivity index (χ1) is 10.2. The average molecular weight is 284 g/mol. The van der Waals surface area contributed by atoms with E-state index in [1.165, 1.54) is 0 Å². The summed E-state index contributed by atoms with van der Waals surface area (Å²) in [6.07, 6.45) is 3.76. The Hall–Kier alpha value is -2.36. The summed E-state index contributed by atoms with van der Waals surface area (Å²) in [5, 5.41) is 2.79. The minimum Gasteiger partial charge on any atom is -0.494 e. The predicted molar refractivity (Wildman–Crippen MR) is 83.8 cm³/mol. The Bertz CT molecular complexity index is 611. The third-order valence-corrected chi connectivity index (χ3v) is 3.02. The van der Waals surface area contributed by atoms with Crippen molar-refractivity contribution in [3.8, 4) is 5.75 Å². The van der Waals surface area contributed by atoms with Crippen LogP contribution in [-0.4, -0.2) is 17.5 Å².